The van der Waals surface area contributed by atoms with E-state index in [2.05, 4.69) is 32.7 Å². The second kappa shape index (κ2) is 8.37. The minimum atomic E-state index is -0.0474. The molecule has 4 aromatic rings. The van der Waals surface area contributed by atoms with Gasteiger partial charge in [-0.25, -0.2) is 9.50 Å². The van der Waals surface area contributed by atoms with Crippen molar-refractivity contribution >= 4 is 23.1 Å². The number of hydrogen-bond acceptors (Lipinski definition) is 7. The lowest BCUT2D eigenvalue weighted by atomic mass is 10.0. The Balaban J connectivity index is 1.52. The quantitative estimate of drug-likeness (QED) is 0.470. The highest BCUT2D eigenvalue weighted by molar-refractivity contribution is 5.90. The maximum absolute atomic E-state index is 11.8. The third-order valence-corrected chi connectivity index (χ3v) is 6.05. The third-order valence-electron chi connectivity index (χ3n) is 6.05. The van der Waals surface area contributed by atoms with Gasteiger partial charge in [-0.3, -0.25) is 9.48 Å². The van der Waals surface area contributed by atoms with Crippen LogP contribution in [0.2, 0.25) is 0 Å². The van der Waals surface area contributed by atoms with Crippen LogP contribution in [0, 0.1) is 11.3 Å². The molecule has 34 heavy (non-hydrogen) atoms. The van der Waals surface area contributed by atoms with E-state index in [9.17, 15) is 10.1 Å². The maximum atomic E-state index is 11.8. The van der Waals surface area contributed by atoms with Crippen LogP contribution in [0.5, 0.6) is 0 Å². The van der Waals surface area contributed by atoms with Gasteiger partial charge in [-0.1, -0.05) is 6.58 Å². The highest BCUT2D eigenvalue weighted by Gasteiger charge is 2.21. The first-order valence-electron chi connectivity index (χ1n) is 10.8. The molecular formula is C24H23N9O. The molecule has 1 saturated heterocycles. The van der Waals surface area contributed by atoms with Gasteiger partial charge in [0.05, 0.1) is 11.7 Å². The lowest BCUT2D eigenvalue weighted by molar-refractivity contribution is -0.126. The van der Waals surface area contributed by atoms with Crippen molar-refractivity contribution in [3.63, 3.8) is 0 Å². The fourth-order valence-corrected chi connectivity index (χ4v) is 4.27. The summed E-state index contributed by atoms with van der Waals surface area (Å²) in [6.07, 6.45) is 8.69. The molecule has 4 aromatic heterocycles. The van der Waals surface area contributed by atoms with Crippen LogP contribution in [0.15, 0.2) is 55.6 Å². The number of nitriles is 1. The van der Waals surface area contributed by atoms with Crippen LogP contribution in [0.4, 0.5) is 11.6 Å². The molecule has 0 spiro atoms. The number of rotatable bonds is 4. The van der Waals surface area contributed by atoms with Crippen molar-refractivity contribution in [1.82, 2.24) is 29.3 Å². The summed E-state index contributed by atoms with van der Waals surface area (Å²) >= 11 is 0. The van der Waals surface area contributed by atoms with E-state index in [0.717, 1.165) is 28.1 Å². The van der Waals surface area contributed by atoms with Gasteiger partial charge in [-0.15, -0.1) is 5.10 Å². The van der Waals surface area contributed by atoms with Crippen molar-refractivity contribution in [3.05, 3.63) is 61.2 Å². The number of hydrogen-bond donors (Lipinski definition) is 1. The van der Waals surface area contributed by atoms with Crippen LogP contribution >= 0.6 is 0 Å². The summed E-state index contributed by atoms with van der Waals surface area (Å²) in [7, 11) is 1.86. The number of nitrogens with zero attached hydrogens (tertiary/aromatic N) is 8. The molecule has 0 aliphatic carbocycles. The molecule has 1 aliphatic rings. The number of amides is 1. The van der Waals surface area contributed by atoms with Crippen molar-refractivity contribution in [1.29, 1.82) is 5.26 Å². The van der Waals surface area contributed by atoms with Crippen LogP contribution < -0.4 is 10.6 Å². The largest absolute Gasteiger partial charge is 0.381 e. The Hall–Kier alpha value is -4.65. The van der Waals surface area contributed by atoms with Gasteiger partial charge in [0.15, 0.2) is 5.82 Å². The average molecular weight is 454 g/mol. The minimum absolute atomic E-state index is 0.0474. The molecule has 5 heterocycles. The zero-order valence-electron chi connectivity index (χ0n) is 18.7. The number of anilines is 2. The van der Waals surface area contributed by atoms with Gasteiger partial charge < -0.3 is 15.5 Å². The van der Waals surface area contributed by atoms with E-state index in [1.807, 2.05) is 37.6 Å². The summed E-state index contributed by atoms with van der Waals surface area (Å²) < 4.78 is 3.38. The van der Waals surface area contributed by atoms with Gasteiger partial charge in [0, 0.05) is 74.1 Å². The third kappa shape index (κ3) is 3.63. The fraction of sp³-hybridized carbons (Fsp3) is 0.208. The molecule has 0 aromatic carbocycles. The summed E-state index contributed by atoms with van der Waals surface area (Å²) in [5.41, 5.74) is 10.5. The molecule has 0 bridgehead atoms. The Morgan fingerprint density at radius 1 is 1.15 bits per heavy atom. The first-order valence-corrected chi connectivity index (χ1v) is 10.8. The Morgan fingerprint density at radius 3 is 2.56 bits per heavy atom. The molecule has 5 rings (SSSR count). The summed E-state index contributed by atoms with van der Waals surface area (Å²) in [4.78, 5) is 20.5. The average Bonchev–Trinajstić information content (AvgIpc) is 3.45. The van der Waals surface area contributed by atoms with Crippen LogP contribution in [0.1, 0.15) is 5.56 Å². The number of nitrogens with two attached hydrogens (primary N) is 1. The summed E-state index contributed by atoms with van der Waals surface area (Å²) in [5.74, 6) is 0.972. The van der Waals surface area contributed by atoms with E-state index in [-0.39, 0.29) is 11.7 Å². The van der Waals surface area contributed by atoms with E-state index in [1.54, 1.807) is 26.5 Å². The molecule has 2 N–H and O–H groups in total. The molecule has 1 fully saturated rings. The zero-order valence-corrected chi connectivity index (χ0v) is 18.7. The number of piperazine rings is 1. The summed E-state index contributed by atoms with van der Waals surface area (Å²) in [5, 5.41) is 18.3. The minimum Gasteiger partial charge on any atom is -0.381 e. The molecule has 10 heteroatoms. The number of fused-ring (bicyclic) bond motifs is 1. The molecule has 170 valence electrons. The number of aromatic nitrogens is 5. The molecule has 0 unspecified atom stereocenters. The molecule has 0 atom stereocenters. The first-order chi connectivity index (χ1) is 16.5. The highest BCUT2D eigenvalue weighted by atomic mass is 16.2. The van der Waals surface area contributed by atoms with Crippen molar-refractivity contribution in [3.8, 4) is 28.3 Å². The van der Waals surface area contributed by atoms with E-state index >= 15 is 0 Å². The van der Waals surface area contributed by atoms with Crippen LogP contribution in [-0.4, -0.2) is 61.4 Å². The number of aryl methyl sites for hydroxylation is 1. The molecule has 0 saturated carbocycles. The SMILES string of the molecule is C=CC(=O)N1CCN(c2ccc(-c3cc(-c4cnn(C)c4)cn4nc(N)c(C#N)c34)cn2)CC1. The van der Waals surface area contributed by atoms with E-state index in [0.29, 0.717) is 37.3 Å². The Labute approximate surface area is 196 Å². The topological polar surface area (TPSA) is 121 Å². The Kier molecular flexibility index (Phi) is 5.22. The second-order valence-corrected chi connectivity index (χ2v) is 8.13. The Morgan fingerprint density at radius 2 is 1.94 bits per heavy atom. The lowest BCUT2D eigenvalue weighted by Gasteiger charge is -2.34. The van der Waals surface area contributed by atoms with Crippen molar-refractivity contribution in [2.45, 2.75) is 0 Å². The van der Waals surface area contributed by atoms with Gasteiger partial charge in [-0.05, 0) is 24.3 Å². The lowest BCUT2D eigenvalue weighted by Crippen LogP contribution is -2.48. The predicted octanol–water partition coefficient (Wildman–Crippen LogP) is 2.09. The van der Waals surface area contributed by atoms with Crippen molar-refractivity contribution < 1.29 is 4.79 Å². The Bertz CT molecular complexity index is 1430. The van der Waals surface area contributed by atoms with Gasteiger partial charge in [-0.2, -0.15) is 10.4 Å². The number of pyridine rings is 2. The molecule has 1 aliphatic heterocycles. The van der Waals surface area contributed by atoms with Crippen LogP contribution in [0.3, 0.4) is 0 Å². The van der Waals surface area contributed by atoms with Crippen molar-refractivity contribution in [2.75, 3.05) is 36.8 Å². The highest BCUT2D eigenvalue weighted by Crippen LogP contribution is 2.34. The molecule has 1 amide bonds. The molecule has 0 radical (unpaired) electrons. The first kappa shape index (κ1) is 21.2. The summed E-state index contributed by atoms with van der Waals surface area (Å²) in [6.45, 7) is 6.21. The van der Waals surface area contributed by atoms with E-state index < -0.39 is 0 Å². The van der Waals surface area contributed by atoms with Crippen LogP contribution in [0.25, 0.3) is 27.8 Å². The fourth-order valence-electron chi connectivity index (χ4n) is 4.27. The predicted molar refractivity (Wildman–Crippen MR) is 129 cm³/mol. The van der Waals surface area contributed by atoms with Gasteiger partial charge >= 0.3 is 0 Å². The van der Waals surface area contributed by atoms with Gasteiger partial charge in [0.1, 0.15) is 17.5 Å². The number of carbonyl (C=O) groups is 1. The van der Waals surface area contributed by atoms with Gasteiger partial charge in [0.25, 0.3) is 0 Å². The summed E-state index contributed by atoms with van der Waals surface area (Å²) in [6, 6.07) is 8.12. The van der Waals surface area contributed by atoms with Crippen LogP contribution in [-0.2, 0) is 11.8 Å². The van der Waals surface area contributed by atoms with E-state index in [4.69, 9.17) is 5.73 Å². The maximum Gasteiger partial charge on any atom is 0.246 e. The molecular weight excluding hydrogens is 430 g/mol. The second-order valence-electron chi connectivity index (χ2n) is 8.13. The van der Waals surface area contributed by atoms with Crippen molar-refractivity contribution in [2.24, 2.45) is 7.05 Å². The normalized spacial score (nSPS) is 13.8. The van der Waals surface area contributed by atoms with E-state index in [1.165, 1.54) is 6.08 Å². The van der Waals surface area contributed by atoms with Gasteiger partial charge in [0.2, 0.25) is 5.91 Å². The smallest absolute Gasteiger partial charge is 0.246 e. The standard InChI is InChI=1S/C24H23N9O/c1-3-22(34)32-8-6-31(7-9-32)21-5-4-16(12-27-21)19-10-17(18-13-28-30(2)14-18)15-33-23(19)20(11-25)24(26)29-33/h3-5,10,12-15H,1,6-9H2,2H3,(H2,26,29). The number of carbonyl (C=O) groups excluding carboxylic acids is 1. The number of nitrogen functional groups attached to an aromatic ring is 1. The monoisotopic (exact) mass is 453 g/mol. The zero-order chi connectivity index (χ0) is 23.8. The molecule has 10 nitrogen and oxygen atoms in total.